The first-order valence-electron chi connectivity index (χ1n) is 12.3. The number of amides is 1. The van der Waals surface area contributed by atoms with E-state index in [0.717, 1.165) is 11.8 Å². The zero-order chi connectivity index (χ0) is 30.0. The van der Waals surface area contributed by atoms with E-state index in [-0.39, 0.29) is 27.1 Å². The molecular formula is C28H21N7O6S. The third-order valence-electron chi connectivity index (χ3n) is 6.41. The summed E-state index contributed by atoms with van der Waals surface area (Å²) in [6.07, 6.45) is 2.93. The van der Waals surface area contributed by atoms with E-state index in [2.05, 4.69) is 10.2 Å². The molecule has 13 nitrogen and oxygen atoms in total. The molecule has 0 N–H and O–H groups in total. The maximum atomic E-state index is 13.8. The summed E-state index contributed by atoms with van der Waals surface area (Å²) in [5, 5.41) is 30.4. The number of nitro groups is 2. The molecule has 1 amide bonds. The highest BCUT2D eigenvalue weighted by Gasteiger charge is 2.39. The number of nitrogens with zero attached hydrogens (tertiary/aromatic N) is 7. The number of hydrogen-bond acceptors (Lipinski definition) is 9. The van der Waals surface area contributed by atoms with Gasteiger partial charge in [-0.05, 0) is 72.3 Å². The van der Waals surface area contributed by atoms with Crippen LogP contribution < -0.4 is 10.5 Å². The minimum absolute atomic E-state index is 0.0724. The summed E-state index contributed by atoms with van der Waals surface area (Å²) in [5.74, 6) is -0.520. The Morgan fingerprint density at radius 1 is 0.833 bits per heavy atom. The first kappa shape index (κ1) is 27.9. The van der Waals surface area contributed by atoms with Crippen LogP contribution in [0.25, 0.3) is 11.8 Å². The second-order valence-corrected chi connectivity index (χ2v) is 9.99. The van der Waals surface area contributed by atoms with Gasteiger partial charge in [-0.1, -0.05) is 18.2 Å². The van der Waals surface area contributed by atoms with Crippen LogP contribution in [0.15, 0.2) is 98.8 Å². The zero-order valence-corrected chi connectivity index (χ0v) is 23.0. The molecule has 42 heavy (non-hydrogen) atoms. The summed E-state index contributed by atoms with van der Waals surface area (Å²) in [4.78, 5) is 49.9. The quantitative estimate of drug-likeness (QED) is 0.131. The first-order valence-corrected chi connectivity index (χ1v) is 13.2. The monoisotopic (exact) mass is 583 g/mol. The molecule has 1 aliphatic heterocycles. The van der Waals surface area contributed by atoms with Crippen LogP contribution in [0.2, 0.25) is 0 Å². The van der Waals surface area contributed by atoms with Crippen molar-refractivity contribution in [3.63, 3.8) is 0 Å². The molecule has 2 heterocycles. The fourth-order valence-electron chi connectivity index (χ4n) is 4.22. The van der Waals surface area contributed by atoms with Gasteiger partial charge in [0.25, 0.3) is 22.8 Å². The van der Waals surface area contributed by atoms with E-state index in [1.807, 2.05) is 6.07 Å². The molecule has 5 rings (SSSR count). The van der Waals surface area contributed by atoms with Gasteiger partial charge in [0.2, 0.25) is 5.17 Å². The molecule has 1 saturated heterocycles. The van der Waals surface area contributed by atoms with Crippen LogP contribution in [0, 0.1) is 27.2 Å². The van der Waals surface area contributed by atoms with Crippen LogP contribution in [-0.2, 0) is 11.8 Å². The normalized spacial score (nSPS) is 15.3. The number of nitro benzene ring substituents is 2. The van der Waals surface area contributed by atoms with E-state index in [1.54, 1.807) is 49.0 Å². The molecule has 1 aromatic heterocycles. The van der Waals surface area contributed by atoms with Crippen LogP contribution in [0.1, 0.15) is 16.8 Å². The van der Waals surface area contributed by atoms with Gasteiger partial charge in [-0.2, -0.15) is 5.10 Å². The van der Waals surface area contributed by atoms with E-state index in [1.165, 1.54) is 64.3 Å². The predicted octanol–water partition coefficient (Wildman–Crippen LogP) is 4.81. The Hall–Kier alpha value is -5.63. The summed E-state index contributed by atoms with van der Waals surface area (Å²) < 4.78 is 3.08. The van der Waals surface area contributed by atoms with Gasteiger partial charge in [0, 0.05) is 31.3 Å². The Morgan fingerprint density at radius 2 is 1.40 bits per heavy atom. The Morgan fingerprint density at radius 3 is 1.98 bits per heavy atom. The lowest BCUT2D eigenvalue weighted by atomic mass is 10.2. The molecule has 1 fully saturated rings. The van der Waals surface area contributed by atoms with Crippen LogP contribution in [0.3, 0.4) is 0 Å². The fraction of sp³-hybridized carbons (Fsp3) is 0.0714. The van der Waals surface area contributed by atoms with Crippen molar-refractivity contribution in [2.75, 3.05) is 4.90 Å². The van der Waals surface area contributed by atoms with Crippen molar-refractivity contribution in [3.05, 3.63) is 131 Å². The number of rotatable bonds is 7. The highest BCUT2D eigenvalue weighted by Crippen LogP contribution is 2.36. The summed E-state index contributed by atoms with van der Waals surface area (Å²) >= 11 is 0.990. The fourth-order valence-corrected chi connectivity index (χ4v) is 5.14. The minimum atomic E-state index is -0.520. The van der Waals surface area contributed by atoms with E-state index in [0.29, 0.717) is 22.5 Å². The Bertz CT molecular complexity index is 1860. The third kappa shape index (κ3) is 5.38. The molecule has 0 spiro atoms. The van der Waals surface area contributed by atoms with Gasteiger partial charge in [-0.3, -0.25) is 34.5 Å². The number of carbonyl (C=O) groups is 1. The molecule has 1 aliphatic rings. The van der Waals surface area contributed by atoms with Crippen molar-refractivity contribution in [1.82, 2.24) is 9.36 Å². The van der Waals surface area contributed by atoms with Crippen molar-refractivity contribution in [2.45, 2.75) is 6.92 Å². The van der Waals surface area contributed by atoms with Gasteiger partial charge < -0.3 is 0 Å². The topological polar surface area (TPSA) is 158 Å². The molecular weight excluding hydrogens is 562 g/mol. The molecule has 0 bridgehead atoms. The van der Waals surface area contributed by atoms with Gasteiger partial charge >= 0.3 is 0 Å². The number of non-ortho nitro benzene ring substituents is 2. The Balaban J connectivity index is 1.58. The molecule has 210 valence electrons. The molecule has 0 radical (unpaired) electrons. The Kier molecular flexibility index (Phi) is 7.62. The summed E-state index contributed by atoms with van der Waals surface area (Å²) in [6, 6.07) is 20.3. The lowest BCUT2D eigenvalue weighted by Gasteiger charge is -2.12. The van der Waals surface area contributed by atoms with E-state index < -0.39 is 21.3 Å². The minimum Gasteiger partial charge on any atom is -0.283 e. The molecule has 0 saturated carbocycles. The van der Waals surface area contributed by atoms with Crippen LogP contribution in [0.4, 0.5) is 17.1 Å². The zero-order valence-electron chi connectivity index (χ0n) is 22.1. The number of aromatic nitrogens is 2. The number of thioether (sulfide) groups is 1. The highest BCUT2D eigenvalue weighted by atomic mass is 32.2. The van der Waals surface area contributed by atoms with Gasteiger partial charge in [-0.25, -0.2) is 9.58 Å². The van der Waals surface area contributed by atoms with E-state index >= 15 is 0 Å². The lowest BCUT2D eigenvalue weighted by Crippen LogP contribution is -2.33. The number of hydrogen-bond donors (Lipinski definition) is 0. The third-order valence-corrected chi connectivity index (χ3v) is 7.37. The van der Waals surface area contributed by atoms with E-state index in [9.17, 15) is 29.8 Å². The summed E-state index contributed by atoms with van der Waals surface area (Å²) in [6.45, 7) is 1.71. The van der Waals surface area contributed by atoms with Crippen molar-refractivity contribution in [3.8, 4) is 5.69 Å². The number of carbonyl (C=O) groups excluding carboxylic acids is 1. The van der Waals surface area contributed by atoms with Crippen LogP contribution in [-0.4, -0.2) is 36.5 Å². The maximum Gasteiger partial charge on any atom is 0.296 e. The van der Waals surface area contributed by atoms with Crippen LogP contribution in [0.5, 0.6) is 0 Å². The summed E-state index contributed by atoms with van der Waals surface area (Å²) in [7, 11) is 1.71. The maximum absolute atomic E-state index is 13.8. The smallest absolute Gasteiger partial charge is 0.283 e. The predicted molar refractivity (Wildman–Crippen MR) is 160 cm³/mol. The highest BCUT2D eigenvalue weighted by molar-refractivity contribution is 8.19. The number of amidine groups is 1. The molecule has 4 aromatic rings. The van der Waals surface area contributed by atoms with Crippen LogP contribution >= 0.6 is 11.8 Å². The largest absolute Gasteiger partial charge is 0.296 e. The second kappa shape index (κ2) is 11.5. The van der Waals surface area contributed by atoms with Crippen molar-refractivity contribution < 1.29 is 14.6 Å². The Labute approximate surface area is 242 Å². The molecule has 3 aromatic carbocycles. The second-order valence-electron chi connectivity index (χ2n) is 8.99. The van der Waals surface area contributed by atoms with Crippen molar-refractivity contribution >= 4 is 52.2 Å². The molecule has 0 atom stereocenters. The molecule has 0 aliphatic carbocycles. The lowest BCUT2D eigenvalue weighted by molar-refractivity contribution is -0.385. The number of benzene rings is 3. The first-order chi connectivity index (χ1) is 20.2. The standard InChI is InChI=1S/C28H21N7O6S/c1-18-25(27(37)33(31(18)2)21-6-4-3-5-7-21)32-26(36)24(16-19-8-12-22(13-9-19)34(38)39)42-28(32)30-29-17-20-10-14-23(15-11-20)35(40)41/h3-17H,1-2H3/b24-16+,29-17+,30-28-. The number of para-hydroxylation sites is 1. The molecule has 14 heteroatoms. The summed E-state index contributed by atoms with van der Waals surface area (Å²) in [5.41, 5.74) is 1.67. The van der Waals surface area contributed by atoms with E-state index in [4.69, 9.17) is 0 Å². The van der Waals surface area contributed by atoms with Crippen molar-refractivity contribution in [2.24, 2.45) is 17.3 Å². The number of anilines is 1. The SMILES string of the molecule is Cc1c(N2C(=O)/C(=C\c3ccc([N+](=O)[O-])cc3)S/C2=N\N=C\c2ccc([N+](=O)[O-])cc2)c(=O)n(-c2ccccc2)n1C. The van der Waals surface area contributed by atoms with Gasteiger partial charge in [0.1, 0.15) is 5.69 Å². The van der Waals surface area contributed by atoms with Gasteiger partial charge in [0.05, 0.1) is 32.3 Å². The average Bonchev–Trinajstić information content (AvgIpc) is 3.39. The van der Waals surface area contributed by atoms with Gasteiger partial charge in [-0.15, -0.1) is 5.10 Å². The van der Waals surface area contributed by atoms with Crippen molar-refractivity contribution in [1.29, 1.82) is 0 Å². The average molecular weight is 584 g/mol. The molecule has 0 unspecified atom stereocenters. The van der Waals surface area contributed by atoms with Gasteiger partial charge in [0.15, 0.2) is 0 Å².